The molecule has 0 unspecified atom stereocenters. The Bertz CT molecular complexity index is 1620. The predicted octanol–water partition coefficient (Wildman–Crippen LogP) is 6.92. The molecule has 1 aliphatic rings. The van der Waals surface area contributed by atoms with Crippen molar-refractivity contribution < 1.29 is 9.66 Å². The SMILES string of the molecule is CCc1cnc(N[C@@H]2CCC[C@](C)(N(C)Cc3ccc([N+](=O)[O-])cn3)C2)nc1-c1c2ccccc2nn1COCC[Si](C)(C)C. The third-order valence-corrected chi connectivity index (χ3v) is 10.7. The molecule has 0 amide bonds. The highest BCUT2D eigenvalue weighted by Crippen LogP contribution is 2.36. The summed E-state index contributed by atoms with van der Waals surface area (Å²) >= 11 is 0. The minimum absolute atomic E-state index is 0.00798. The quantitative estimate of drug-likeness (QED) is 0.0726. The third kappa shape index (κ3) is 7.92. The van der Waals surface area contributed by atoms with Crippen molar-refractivity contribution in [2.75, 3.05) is 19.0 Å². The molecule has 4 aromatic rings. The lowest BCUT2D eigenvalue weighted by Gasteiger charge is -2.45. The highest BCUT2D eigenvalue weighted by Gasteiger charge is 2.36. The average molecular weight is 631 g/mol. The molecule has 1 fully saturated rings. The maximum Gasteiger partial charge on any atom is 0.287 e. The fourth-order valence-electron chi connectivity index (χ4n) is 6.06. The van der Waals surface area contributed by atoms with Gasteiger partial charge in [0, 0.05) is 50.5 Å². The lowest BCUT2D eigenvalue weighted by Crippen LogP contribution is -2.49. The molecule has 240 valence electrons. The first-order chi connectivity index (χ1) is 21.5. The van der Waals surface area contributed by atoms with Crippen LogP contribution in [-0.2, 0) is 24.4 Å². The molecule has 5 rings (SSSR count). The summed E-state index contributed by atoms with van der Waals surface area (Å²) < 4.78 is 8.11. The van der Waals surface area contributed by atoms with Crippen LogP contribution in [0.5, 0.6) is 0 Å². The van der Waals surface area contributed by atoms with Gasteiger partial charge < -0.3 is 10.1 Å². The number of aromatic nitrogens is 5. The van der Waals surface area contributed by atoms with Gasteiger partial charge in [-0.2, -0.15) is 5.10 Å². The summed E-state index contributed by atoms with van der Waals surface area (Å²) in [5.74, 6) is 0.618. The van der Waals surface area contributed by atoms with Crippen molar-refractivity contribution in [3.63, 3.8) is 0 Å². The van der Waals surface area contributed by atoms with Gasteiger partial charge in [-0.3, -0.25) is 20.0 Å². The van der Waals surface area contributed by atoms with Crippen molar-refractivity contribution in [1.29, 1.82) is 0 Å². The first-order valence-electron chi connectivity index (χ1n) is 15.9. The second kappa shape index (κ2) is 13.7. The van der Waals surface area contributed by atoms with Crippen LogP contribution in [0.4, 0.5) is 11.6 Å². The molecule has 1 N–H and O–H groups in total. The van der Waals surface area contributed by atoms with Gasteiger partial charge in [0.1, 0.15) is 12.9 Å². The number of anilines is 1. The molecule has 0 bridgehead atoms. The maximum absolute atomic E-state index is 11.0. The van der Waals surface area contributed by atoms with Crippen LogP contribution in [0, 0.1) is 10.1 Å². The van der Waals surface area contributed by atoms with E-state index in [0.717, 1.165) is 78.3 Å². The van der Waals surface area contributed by atoms with E-state index in [1.165, 1.54) is 12.3 Å². The highest BCUT2D eigenvalue weighted by atomic mass is 28.3. The highest BCUT2D eigenvalue weighted by molar-refractivity contribution is 6.76. The van der Waals surface area contributed by atoms with Gasteiger partial charge in [-0.05, 0) is 69.8 Å². The lowest BCUT2D eigenvalue weighted by atomic mass is 9.79. The number of aryl methyl sites for hydroxylation is 1. The molecule has 3 heterocycles. The largest absolute Gasteiger partial charge is 0.360 e. The molecule has 12 heteroatoms. The Morgan fingerprint density at radius 1 is 1.18 bits per heavy atom. The van der Waals surface area contributed by atoms with Gasteiger partial charge in [0.25, 0.3) is 5.69 Å². The molecule has 1 aliphatic carbocycles. The van der Waals surface area contributed by atoms with E-state index in [9.17, 15) is 10.1 Å². The van der Waals surface area contributed by atoms with Crippen molar-refractivity contribution in [2.45, 2.75) is 96.5 Å². The fourth-order valence-corrected chi connectivity index (χ4v) is 6.82. The molecule has 1 aromatic carbocycles. The Balaban J connectivity index is 1.35. The van der Waals surface area contributed by atoms with Crippen LogP contribution in [0.25, 0.3) is 22.3 Å². The van der Waals surface area contributed by atoms with Gasteiger partial charge in [-0.1, -0.05) is 44.8 Å². The van der Waals surface area contributed by atoms with E-state index >= 15 is 0 Å². The number of nitro groups is 1. The second-order valence-electron chi connectivity index (χ2n) is 13.7. The molecule has 1 saturated carbocycles. The average Bonchev–Trinajstić information content (AvgIpc) is 3.37. The summed E-state index contributed by atoms with van der Waals surface area (Å²) in [6.45, 7) is 13.2. The maximum atomic E-state index is 11.0. The van der Waals surface area contributed by atoms with E-state index in [4.69, 9.17) is 19.8 Å². The van der Waals surface area contributed by atoms with E-state index in [-0.39, 0.29) is 17.3 Å². The fraction of sp³-hybridized carbons (Fsp3) is 0.515. The van der Waals surface area contributed by atoms with Gasteiger partial charge >= 0.3 is 0 Å². The number of ether oxygens (including phenoxy) is 1. The minimum Gasteiger partial charge on any atom is -0.360 e. The van der Waals surface area contributed by atoms with Gasteiger partial charge in [0.05, 0.1) is 27.5 Å². The summed E-state index contributed by atoms with van der Waals surface area (Å²) in [5.41, 5.74) is 4.59. The van der Waals surface area contributed by atoms with E-state index in [1.54, 1.807) is 6.07 Å². The first kappa shape index (κ1) is 32.6. The molecule has 0 spiro atoms. The van der Waals surface area contributed by atoms with E-state index in [2.05, 4.69) is 61.8 Å². The Labute approximate surface area is 266 Å². The Morgan fingerprint density at radius 2 is 1.98 bits per heavy atom. The van der Waals surface area contributed by atoms with Crippen molar-refractivity contribution in [3.05, 3.63) is 70.2 Å². The third-order valence-electron chi connectivity index (χ3n) is 8.95. The van der Waals surface area contributed by atoms with Gasteiger partial charge in [-0.15, -0.1) is 0 Å². The molecule has 0 radical (unpaired) electrons. The molecule has 0 aliphatic heterocycles. The van der Waals surface area contributed by atoms with Crippen molar-refractivity contribution in [3.8, 4) is 11.4 Å². The predicted molar refractivity (Wildman–Crippen MR) is 181 cm³/mol. The van der Waals surface area contributed by atoms with E-state index in [0.29, 0.717) is 19.2 Å². The number of rotatable bonds is 13. The second-order valence-corrected chi connectivity index (χ2v) is 19.3. The normalized spacial score (nSPS) is 18.9. The van der Waals surface area contributed by atoms with Crippen LogP contribution in [0.15, 0.2) is 48.8 Å². The monoisotopic (exact) mass is 630 g/mol. The number of nitrogens with one attached hydrogen (secondary N) is 1. The minimum atomic E-state index is -1.20. The number of nitrogens with zero attached hydrogens (tertiary/aromatic N) is 7. The Kier molecular flexibility index (Phi) is 9.95. The number of pyridine rings is 1. The van der Waals surface area contributed by atoms with Crippen LogP contribution >= 0.6 is 0 Å². The molecule has 2 atom stereocenters. The number of fused-ring (bicyclic) bond motifs is 1. The number of hydrogen-bond acceptors (Lipinski definition) is 9. The Morgan fingerprint density at radius 3 is 2.69 bits per heavy atom. The van der Waals surface area contributed by atoms with Gasteiger partial charge in [0.15, 0.2) is 0 Å². The summed E-state index contributed by atoms with van der Waals surface area (Å²) in [7, 11) is 0.901. The van der Waals surface area contributed by atoms with Crippen molar-refractivity contribution in [2.24, 2.45) is 0 Å². The number of benzene rings is 1. The zero-order chi connectivity index (χ0) is 32.2. The molecule has 3 aromatic heterocycles. The molecule has 0 saturated heterocycles. The van der Waals surface area contributed by atoms with Crippen LogP contribution in [0.3, 0.4) is 0 Å². The zero-order valence-electron chi connectivity index (χ0n) is 27.4. The van der Waals surface area contributed by atoms with Crippen molar-refractivity contribution in [1.82, 2.24) is 29.6 Å². The standard InChI is InChI=1S/C33H46N8O3Si/c1-7-24-20-35-32(36-25-11-10-16-33(2,19-25)39(3)22-26-14-15-27(21-34-26)41(42)43)37-30(24)31-28-12-8-9-13-29(28)38-40(31)23-44-17-18-45(4,5)6/h8-9,12-15,20-21,25H,7,10-11,16-19,22-23H2,1-6H3,(H,35,36,37)/t25-,33+/m1/s1. The summed E-state index contributed by atoms with van der Waals surface area (Å²) in [6, 6.07) is 12.8. The smallest absolute Gasteiger partial charge is 0.287 e. The summed E-state index contributed by atoms with van der Waals surface area (Å²) in [5, 5.41) is 20.7. The van der Waals surface area contributed by atoms with Gasteiger partial charge in [0.2, 0.25) is 5.95 Å². The lowest BCUT2D eigenvalue weighted by molar-refractivity contribution is -0.385. The van der Waals surface area contributed by atoms with Crippen LogP contribution in [0.2, 0.25) is 25.7 Å². The molecule has 45 heavy (non-hydrogen) atoms. The zero-order valence-corrected chi connectivity index (χ0v) is 28.4. The number of hydrogen-bond donors (Lipinski definition) is 1. The topological polar surface area (TPSA) is 124 Å². The molecule has 11 nitrogen and oxygen atoms in total. The summed E-state index contributed by atoms with van der Waals surface area (Å²) in [6.07, 6.45) is 8.14. The van der Waals surface area contributed by atoms with Crippen LogP contribution in [0.1, 0.15) is 50.8 Å². The summed E-state index contributed by atoms with van der Waals surface area (Å²) in [4.78, 5) is 27.1. The van der Waals surface area contributed by atoms with Crippen molar-refractivity contribution >= 4 is 30.6 Å². The Hall–Kier alpha value is -3.74. The van der Waals surface area contributed by atoms with Gasteiger partial charge in [-0.25, -0.2) is 14.6 Å². The molecular weight excluding hydrogens is 585 g/mol. The molecular formula is C33H46N8O3Si. The van der Waals surface area contributed by atoms with E-state index in [1.807, 2.05) is 29.1 Å². The van der Waals surface area contributed by atoms with Crippen LogP contribution < -0.4 is 5.32 Å². The van der Waals surface area contributed by atoms with Crippen LogP contribution in [-0.4, -0.2) is 67.9 Å². The van der Waals surface area contributed by atoms with E-state index < -0.39 is 13.0 Å². The first-order valence-corrected chi connectivity index (χ1v) is 19.6.